The number of amides is 2. The highest BCUT2D eigenvalue weighted by Gasteiger charge is 2.12. The molecule has 0 aliphatic carbocycles. The molecule has 3 rings (SSSR count). The first-order chi connectivity index (χ1) is 13.7. The van der Waals surface area contributed by atoms with E-state index in [1.165, 1.54) is 7.11 Å². The Labute approximate surface area is 163 Å². The highest BCUT2D eigenvalue weighted by molar-refractivity contribution is 5.99. The van der Waals surface area contributed by atoms with E-state index in [0.29, 0.717) is 22.7 Å². The topological polar surface area (TPSA) is 76.7 Å². The monoisotopic (exact) mass is 376 g/mol. The van der Waals surface area contributed by atoms with Crippen LogP contribution in [0.5, 0.6) is 5.75 Å². The maximum absolute atomic E-state index is 12.1. The van der Waals surface area contributed by atoms with Crippen LogP contribution in [0.15, 0.2) is 78.9 Å². The van der Waals surface area contributed by atoms with Crippen molar-refractivity contribution in [2.45, 2.75) is 6.61 Å². The molecule has 3 aromatic carbocycles. The van der Waals surface area contributed by atoms with E-state index in [0.717, 1.165) is 5.56 Å². The maximum atomic E-state index is 12.1. The van der Waals surface area contributed by atoms with Crippen molar-refractivity contribution in [2.24, 2.45) is 0 Å². The molecule has 6 heteroatoms. The summed E-state index contributed by atoms with van der Waals surface area (Å²) in [6.45, 7) is 0.240. The zero-order chi connectivity index (χ0) is 19.8. The lowest BCUT2D eigenvalue weighted by molar-refractivity contribution is 0.0595. The number of urea groups is 1. The molecule has 0 heterocycles. The van der Waals surface area contributed by atoms with Crippen molar-refractivity contribution in [3.8, 4) is 5.75 Å². The number of hydrogen-bond acceptors (Lipinski definition) is 4. The number of anilines is 2. The van der Waals surface area contributed by atoms with Gasteiger partial charge in [0.1, 0.15) is 17.9 Å². The second-order valence-electron chi connectivity index (χ2n) is 5.92. The molecule has 0 spiro atoms. The molecule has 0 aliphatic heterocycles. The number of carbonyl (C=O) groups is 2. The minimum absolute atomic E-state index is 0.240. The highest BCUT2D eigenvalue weighted by atomic mass is 16.5. The van der Waals surface area contributed by atoms with Crippen LogP contribution in [0.1, 0.15) is 15.9 Å². The van der Waals surface area contributed by atoms with Crippen molar-refractivity contribution >= 4 is 23.4 Å². The molecule has 3 aromatic rings. The van der Waals surface area contributed by atoms with Crippen molar-refractivity contribution in [3.63, 3.8) is 0 Å². The van der Waals surface area contributed by atoms with Gasteiger partial charge in [0, 0.05) is 11.4 Å². The number of rotatable bonds is 6. The van der Waals surface area contributed by atoms with Gasteiger partial charge in [0.2, 0.25) is 0 Å². The van der Waals surface area contributed by atoms with Crippen LogP contribution in [-0.4, -0.2) is 19.1 Å². The summed E-state index contributed by atoms with van der Waals surface area (Å²) in [5.74, 6) is -0.0156. The van der Waals surface area contributed by atoms with Crippen LogP contribution in [0.3, 0.4) is 0 Å². The molecule has 0 bridgehead atoms. The molecule has 6 nitrogen and oxygen atoms in total. The van der Waals surface area contributed by atoms with Gasteiger partial charge in [-0.25, -0.2) is 9.59 Å². The van der Waals surface area contributed by atoms with Gasteiger partial charge in [0.25, 0.3) is 0 Å². The molecular formula is C22H20N2O4. The largest absolute Gasteiger partial charge is 0.488 e. The normalized spacial score (nSPS) is 10.0. The summed E-state index contributed by atoms with van der Waals surface area (Å²) in [4.78, 5) is 23.9. The summed E-state index contributed by atoms with van der Waals surface area (Å²) in [6, 6.07) is 23.0. The molecule has 0 unspecified atom stereocenters. The van der Waals surface area contributed by atoms with E-state index in [4.69, 9.17) is 9.47 Å². The molecule has 2 amide bonds. The number of para-hydroxylation sites is 2. The standard InChI is InChI=1S/C22H20N2O4/c1-27-21(25)19-12-5-6-13-20(19)28-15-16-8-7-11-18(14-16)24-22(26)23-17-9-3-2-4-10-17/h2-14H,15H2,1H3,(H2,23,24,26). The Balaban J connectivity index is 1.63. The average Bonchev–Trinajstić information content (AvgIpc) is 2.73. The highest BCUT2D eigenvalue weighted by Crippen LogP contribution is 2.21. The molecule has 2 N–H and O–H groups in total. The molecule has 28 heavy (non-hydrogen) atoms. The predicted octanol–water partition coefficient (Wildman–Crippen LogP) is 4.70. The van der Waals surface area contributed by atoms with Gasteiger partial charge >= 0.3 is 12.0 Å². The van der Waals surface area contributed by atoms with Crippen LogP contribution < -0.4 is 15.4 Å². The number of esters is 1. The molecule has 0 aromatic heterocycles. The molecule has 0 fully saturated rings. The Kier molecular flexibility index (Phi) is 6.25. The summed E-state index contributed by atoms with van der Waals surface area (Å²) in [5.41, 5.74) is 2.55. The second kappa shape index (κ2) is 9.23. The first kappa shape index (κ1) is 19.0. The molecule has 0 saturated heterocycles. The van der Waals surface area contributed by atoms with Crippen molar-refractivity contribution in [2.75, 3.05) is 17.7 Å². The Morgan fingerprint density at radius 1 is 0.821 bits per heavy atom. The predicted molar refractivity (Wildman–Crippen MR) is 108 cm³/mol. The van der Waals surface area contributed by atoms with Crippen molar-refractivity contribution in [1.29, 1.82) is 0 Å². The minimum atomic E-state index is -0.455. The van der Waals surface area contributed by atoms with Crippen LogP contribution in [0, 0.1) is 0 Å². The van der Waals surface area contributed by atoms with E-state index in [9.17, 15) is 9.59 Å². The van der Waals surface area contributed by atoms with Gasteiger partial charge in [-0.2, -0.15) is 0 Å². The van der Waals surface area contributed by atoms with E-state index in [1.54, 1.807) is 30.3 Å². The van der Waals surface area contributed by atoms with E-state index in [1.807, 2.05) is 48.5 Å². The minimum Gasteiger partial charge on any atom is -0.488 e. The van der Waals surface area contributed by atoms with E-state index in [2.05, 4.69) is 10.6 Å². The summed E-state index contributed by atoms with van der Waals surface area (Å²) in [5, 5.41) is 5.55. The molecular weight excluding hydrogens is 356 g/mol. The van der Waals surface area contributed by atoms with Crippen LogP contribution >= 0.6 is 0 Å². The Hall–Kier alpha value is -3.80. The molecule has 0 atom stereocenters. The Bertz CT molecular complexity index is 958. The van der Waals surface area contributed by atoms with Gasteiger partial charge in [-0.15, -0.1) is 0 Å². The van der Waals surface area contributed by atoms with Gasteiger partial charge in [-0.1, -0.05) is 42.5 Å². The Morgan fingerprint density at radius 3 is 2.29 bits per heavy atom. The van der Waals surface area contributed by atoms with Gasteiger partial charge in [0.05, 0.1) is 7.11 Å². The quantitative estimate of drug-likeness (QED) is 0.612. The van der Waals surface area contributed by atoms with Crippen LogP contribution in [0.2, 0.25) is 0 Å². The van der Waals surface area contributed by atoms with Crippen LogP contribution in [-0.2, 0) is 11.3 Å². The fraction of sp³-hybridized carbons (Fsp3) is 0.0909. The van der Waals surface area contributed by atoms with E-state index >= 15 is 0 Å². The number of carbonyl (C=O) groups excluding carboxylic acids is 2. The van der Waals surface area contributed by atoms with Gasteiger partial charge in [0.15, 0.2) is 0 Å². The molecule has 0 saturated carbocycles. The fourth-order valence-electron chi connectivity index (χ4n) is 2.59. The van der Waals surface area contributed by atoms with Gasteiger partial charge < -0.3 is 20.1 Å². The van der Waals surface area contributed by atoms with Gasteiger partial charge in [-0.3, -0.25) is 0 Å². The van der Waals surface area contributed by atoms with Gasteiger partial charge in [-0.05, 0) is 42.0 Å². The van der Waals surface area contributed by atoms with Crippen molar-refractivity contribution < 1.29 is 19.1 Å². The summed E-state index contributed by atoms with van der Waals surface area (Å²) in [7, 11) is 1.33. The van der Waals surface area contributed by atoms with Crippen molar-refractivity contribution in [3.05, 3.63) is 90.0 Å². The SMILES string of the molecule is COC(=O)c1ccccc1OCc1cccc(NC(=O)Nc2ccccc2)c1. The molecule has 0 radical (unpaired) electrons. The molecule has 0 aliphatic rings. The number of benzene rings is 3. The lowest BCUT2D eigenvalue weighted by atomic mass is 10.2. The lowest BCUT2D eigenvalue weighted by Gasteiger charge is -2.12. The first-order valence-corrected chi connectivity index (χ1v) is 8.68. The number of nitrogens with one attached hydrogen (secondary N) is 2. The average molecular weight is 376 g/mol. The maximum Gasteiger partial charge on any atom is 0.341 e. The second-order valence-corrected chi connectivity index (χ2v) is 5.92. The zero-order valence-corrected chi connectivity index (χ0v) is 15.3. The number of ether oxygens (including phenoxy) is 2. The third kappa shape index (κ3) is 5.11. The summed E-state index contributed by atoms with van der Waals surface area (Å²) < 4.78 is 10.5. The van der Waals surface area contributed by atoms with E-state index in [-0.39, 0.29) is 12.6 Å². The fourth-order valence-corrected chi connectivity index (χ4v) is 2.59. The van der Waals surface area contributed by atoms with Crippen LogP contribution in [0.25, 0.3) is 0 Å². The van der Waals surface area contributed by atoms with Crippen LogP contribution in [0.4, 0.5) is 16.2 Å². The third-order valence-corrected chi connectivity index (χ3v) is 3.90. The lowest BCUT2D eigenvalue weighted by Crippen LogP contribution is -2.19. The number of hydrogen-bond donors (Lipinski definition) is 2. The van der Waals surface area contributed by atoms with E-state index < -0.39 is 5.97 Å². The zero-order valence-electron chi connectivity index (χ0n) is 15.3. The summed E-state index contributed by atoms with van der Waals surface area (Å²) in [6.07, 6.45) is 0. The third-order valence-electron chi connectivity index (χ3n) is 3.90. The Morgan fingerprint density at radius 2 is 1.50 bits per heavy atom. The smallest absolute Gasteiger partial charge is 0.341 e. The number of methoxy groups -OCH3 is 1. The first-order valence-electron chi connectivity index (χ1n) is 8.68. The summed E-state index contributed by atoms with van der Waals surface area (Å²) >= 11 is 0. The van der Waals surface area contributed by atoms with Crippen molar-refractivity contribution in [1.82, 2.24) is 0 Å². The molecule has 142 valence electrons.